The Bertz CT molecular complexity index is 906. The zero-order valence-corrected chi connectivity index (χ0v) is 15.4. The van der Waals surface area contributed by atoms with E-state index in [1.807, 2.05) is 0 Å². The van der Waals surface area contributed by atoms with Crippen molar-refractivity contribution in [3.05, 3.63) is 65.5 Å². The first-order chi connectivity index (χ1) is 13.5. The summed E-state index contributed by atoms with van der Waals surface area (Å²) < 4.78 is 26.7. The summed E-state index contributed by atoms with van der Waals surface area (Å²) in [6, 6.07) is 7.06. The summed E-state index contributed by atoms with van der Waals surface area (Å²) in [5.41, 5.74) is 0.542. The van der Waals surface area contributed by atoms with Crippen LogP contribution in [0, 0.1) is 17.0 Å². The van der Waals surface area contributed by atoms with Crippen molar-refractivity contribution in [2.75, 3.05) is 19.6 Å². The quantitative estimate of drug-likeness (QED) is 0.816. The van der Waals surface area contributed by atoms with Crippen molar-refractivity contribution in [1.82, 2.24) is 14.8 Å². The van der Waals surface area contributed by atoms with Crippen molar-refractivity contribution in [3.63, 3.8) is 0 Å². The molecule has 2 fully saturated rings. The van der Waals surface area contributed by atoms with Gasteiger partial charge in [0.25, 0.3) is 5.91 Å². The number of carbonyl (C=O) groups is 2. The van der Waals surface area contributed by atoms with Crippen molar-refractivity contribution >= 4 is 11.8 Å². The van der Waals surface area contributed by atoms with Gasteiger partial charge >= 0.3 is 0 Å². The number of nitrogens with zero attached hydrogens (tertiary/aromatic N) is 3. The van der Waals surface area contributed by atoms with Crippen LogP contribution in [0.2, 0.25) is 0 Å². The van der Waals surface area contributed by atoms with Crippen LogP contribution in [0.3, 0.4) is 0 Å². The lowest BCUT2D eigenvalue weighted by molar-refractivity contribution is -0.146. The molecule has 0 radical (unpaired) electrons. The number of hydrogen-bond donors (Lipinski definition) is 0. The monoisotopic (exact) mass is 385 g/mol. The molecule has 7 heteroatoms. The second kappa shape index (κ2) is 7.30. The van der Waals surface area contributed by atoms with Crippen molar-refractivity contribution in [2.45, 2.75) is 25.8 Å². The number of carbonyl (C=O) groups excluding carboxylic acids is 2. The summed E-state index contributed by atoms with van der Waals surface area (Å²) in [7, 11) is 0. The predicted octanol–water partition coefficient (Wildman–Crippen LogP) is 3.01. The van der Waals surface area contributed by atoms with Gasteiger partial charge in [-0.15, -0.1) is 0 Å². The Morgan fingerprint density at radius 2 is 1.86 bits per heavy atom. The van der Waals surface area contributed by atoms with Crippen LogP contribution in [-0.2, 0) is 11.3 Å². The molecule has 2 saturated heterocycles. The fourth-order valence-corrected chi connectivity index (χ4v) is 4.26. The Balaban J connectivity index is 1.48. The number of halogens is 2. The molecule has 1 aromatic heterocycles. The number of likely N-dealkylation sites (tertiary alicyclic amines) is 2. The van der Waals surface area contributed by atoms with Crippen LogP contribution in [0.15, 0.2) is 42.7 Å². The van der Waals surface area contributed by atoms with Crippen LogP contribution < -0.4 is 0 Å². The average Bonchev–Trinajstić information content (AvgIpc) is 3.13. The Morgan fingerprint density at radius 1 is 1.07 bits per heavy atom. The molecule has 0 N–H and O–H groups in total. The fraction of sp³-hybridized carbons (Fsp3) is 0.381. The van der Waals surface area contributed by atoms with Gasteiger partial charge in [-0.05, 0) is 49.1 Å². The van der Waals surface area contributed by atoms with E-state index in [1.165, 1.54) is 6.07 Å². The third-order valence-electron chi connectivity index (χ3n) is 5.75. The van der Waals surface area contributed by atoms with Crippen molar-refractivity contribution in [2.24, 2.45) is 5.41 Å². The van der Waals surface area contributed by atoms with Gasteiger partial charge in [-0.2, -0.15) is 0 Å². The molecule has 0 saturated carbocycles. The number of pyridine rings is 1. The minimum absolute atomic E-state index is 0.00601. The van der Waals surface area contributed by atoms with Crippen LogP contribution in [0.4, 0.5) is 8.78 Å². The summed E-state index contributed by atoms with van der Waals surface area (Å²) in [6.07, 6.45) is 5.34. The summed E-state index contributed by atoms with van der Waals surface area (Å²) in [5.74, 6) is -1.91. The van der Waals surface area contributed by atoms with Crippen molar-refractivity contribution < 1.29 is 18.4 Å². The second-order valence-electron chi connectivity index (χ2n) is 7.57. The maximum atomic E-state index is 13.5. The van der Waals surface area contributed by atoms with Gasteiger partial charge in [-0.25, -0.2) is 8.78 Å². The number of piperidine rings is 1. The van der Waals surface area contributed by atoms with Crippen LogP contribution in [0.1, 0.15) is 35.2 Å². The molecule has 2 aromatic rings. The molecule has 0 bridgehead atoms. The first-order valence-electron chi connectivity index (χ1n) is 9.41. The minimum Gasteiger partial charge on any atom is -0.338 e. The smallest absolute Gasteiger partial charge is 0.253 e. The van der Waals surface area contributed by atoms with E-state index >= 15 is 0 Å². The Morgan fingerprint density at radius 3 is 2.61 bits per heavy atom. The van der Waals surface area contributed by atoms with E-state index in [-0.39, 0.29) is 18.4 Å². The predicted molar refractivity (Wildman–Crippen MR) is 98.2 cm³/mol. The summed E-state index contributed by atoms with van der Waals surface area (Å²) in [6.45, 7) is 1.75. The summed E-state index contributed by atoms with van der Waals surface area (Å²) >= 11 is 0. The highest BCUT2D eigenvalue weighted by molar-refractivity contribution is 5.95. The van der Waals surface area contributed by atoms with Crippen molar-refractivity contribution in [3.8, 4) is 0 Å². The third-order valence-corrected chi connectivity index (χ3v) is 5.75. The van der Waals surface area contributed by atoms with E-state index in [2.05, 4.69) is 4.98 Å². The minimum atomic E-state index is -0.910. The molecule has 1 spiro atoms. The highest BCUT2D eigenvalue weighted by Gasteiger charge is 2.49. The number of benzene rings is 1. The van der Waals surface area contributed by atoms with Crippen LogP contribution in [0.5, 0.6) is 0 Å². The molecule has 0 unspecified atom stereocenters. The number of amides is 2. The largest absolute Gasteiger partial charge is 0.338 e. The topological polar surface area (TPSA) is 53.5 Å². The lowest BCUT2D eigenvalue weighted by atomic mass is 9.78. The molecular weight excluding hydrogens is 364 g/mol. The van der Waals surface area contributed by atoms with Gasteiger partial charge < -0.3 is 9.80 Å². The zero-order chi connectivity index (χ0) is 19.7. The average molecular weight is 385 g/mol. The Hall–Kier alpha value is -2.83. The van der Waals surface area contributed by atoms with E-state index in [1.54, 1.807) is 34.3 Å². The number of aromatic nitrogens is 1. The van der Waals surface area contributed by atoms with Crippen molar-refractivity contribution in [1.29, 1.82) is 0 Å². The van der Waals surface area contributed by atoms with Crippen LogP contribution in [-0.4, -0.2) is 46.2 Å². The summed E-state index contributed by atoms with van der Waals surface area (Å²) in [4.78, 5) is 33.3. The molecular formula is C21H21F2N3O2. The second-order valence-corrected chi connectivity index (χ2v) is 7.57. The van der Waals surface area contributed by atoms with E-state index in [0.29, 0.717) is 37.2 Å². The maximum absolute atomic E-state index is 13.5. The van der Waals surface area contributed by atoms with Gasteiger partial charge in [0.05, 0.1) is 5.41 Å². The van der Waals surface area contributed by atoms with Crippen LogP contribution >= 0.6 is 0 Å². The van der Waals surface area contributed by atoms with Gasteiger partial charge in [0.15, 0.2) is 11.6 Å². The van der Waals surface area contributed by atoms with Gasteiger partial charge in [0, 0.05) is 44.1 Å². The normalized spacial score (nSPS) is 22.1. The van der Waals surface area contributed by atoms with Gasteiger partial charge in [0.1, 0.15) is 0 Å². The molecule has 0 aliphatic carbocycles. The lowest BCUT2D eigenvalue weighted by Crippen LogP contribution is -2.50. The molecule has 2 amide bonds. The Kier molecular flexibility index (Phi) is 4.83. The van der Waals surface area contributed by atoms with Crippen LogP contribution in [0.25, 0.3) is 0 Å². The number of rotatable bonds is 3. The molecule has 5 nitrogen and oxygen atoms in total. The van der Waals surface area contributed by atoms with E-state index in [4.69, 9.17) is 0 Å². The molecule has 146 valence electrons. The van der Waals surface area contributed by atoms with E-state index in [0.717, 1.165) is 25.0 Å². The Labute approximate surface area is 162 Å². The fourth-order valence-electron chi connectivity index (χ4n) is 4.26. The van der Waals surface area contributed by atoms with Gasteiger partial charge in [0.2, 0.25) is 5.91 Å². The van der Waals surface area contributed by atoms with Gasteiger partial charge in [-0.3, -0.25) is 14.6 Å². The van der Waals surface area contributed by atoms with Gasteiger partial charge in [-0.1, -0.05) is 6.07 Å². The molecule has 1 atom stereocenters. The molecule has 3 heterocycles. The first-order valence-corrected chi connectivity index (χ1v) is 9.41. The molecule has 2 aliphatic heterocycles. The standard InChI is InChI=1S/C21H21F2N3O2/c22-17-3-2-15(12-18(17)23)13-25-10-1-6-21(20(25)28)7-11-26(14-21)19(27)16-4-8-24-9-5-16/h2-5,8-9,12H,1,6-7,10-11,13-14H2/t21-/m1/s1. The molecule has 1 aromatic carbocycles. The third kappa shape index (κ3) is 3.37. The highest BCUT2D eigenvalue weighted by Crippen LogP contribution is 2.41. The summed E-state index contributed by atoms with van der Waals surface area (Å²) in [5, 5.41) is 0. The van der Waals surface area contributed by atoms with E-state index in [9.17, 15) is 18.4 Å². The lowest BCUT2D eigenvalue weighted by Gasteiger charge is -2.39. The zero-order valence-electron chi connectivity index (χ0n) is 15.4. The molecule has 2 aliphatic rings. The first kappa shape index (κ1) is 18.5. The number of hydrogen-bond acceptors (Lipinski definition) is 3. The SMILES string of the molecule is O=C(c1ccncc1)N1CC[C@]2(CCCN(Cc3ccc(F)c(F)c3)C2=O)C1. The molecule has 4 rings (SSSR count). The van der Waals surface area contributed by atoms with E-state index < -0.39 is 17.0 Å². The highest BCUT2D eigenvalue weighted by atomic mass is 19.2. The maximum Gasteiger partial charge on any atom is 0.253 e. The molecule has 28 heavy (non-hydrogen) atoms.